The summed E-state index contributed by atoms with van der Waals surface area (Å²) in [6.45, 7) is 6.40. The molecule has 3 aliphatic rings. The van der Waals surface area contributed by atoms with Gasteiger partial charge in [-0.3, -0.25) is 14.4 Å². The van der Waals surface area contributed by atoms with Crippen molar-refractivity contribution in [3.63, 3.8) is 0 Å². The van der Waals surface area contributed by atoms with Gasteiger partial charge in [0.1, 0.15) is 24.2 Å². The molecule has 2 saturated heterocycles. The van der Waals surface area contributed by atoms with E-state index in [1.54, 1.807) is 92.9 Å². The molecule has 3 aliphatic heterocycles. The number of aliphatic carboxylic acids is 1. The fourth-order valence-corrected chi connectivity index (χ4v) is 8.53. The fraction of sp³-hybridized carbons (Fsp3) is 0.660. The molecule has 0 radical (unpaired) electrons. The number of nitrogens with one attached hydrogen (secondary N) is 1. The molecule has 1 amide bonds. The first-order valence-electron chi connectivity index (χ1n) is 23.9. The predicted octanol–water partition coefficient (Wildman–Crippen LogP) is 2.09. The number of halogens is 3. The smallest absolute Gasteiger partial charge is 0.471 e. The van der Waals surface area contributed by atoms with E-state index >= 15 is 0 Å². The molecule has 408 valence electrons. The number of hydrogen-bond donors (Lipinski definition) is 11. The summed E-state index contributed by atoms with van der Waals surface area (Å²) in [4.78, 5) is 37.2. The van der Waals surface area contributed by atoms with Gasteiger partial charge in [-0.15, -0.1) is 0 Å². The van der Waals surface area contributed by atoms with Gasteiger partial charge in [0.2, 0.25) is 0 Å². The minimum absolute atomic E-state index is 0.140. The largest absolute Gasteiger partial charge is 0.481 e. The van der Waals surface area contributed by atoms with Crippen molar-refractivity contribution < 1.29 is 102 Å². The number of ether oxygens (including phenoxy) is 5. The number of amides is 1. The monoisotopic (exact) mass is 1030 g/mol. The van der Waals surface area contributed by atoms with Gasteiger partial charge in [0.25, 0.3) is 0 Å². The number of fused-ring (bicyclic) bond motifs is 2. The molecule has 2 fully saturated rings. The SMILES string of the molecule is CO[C@]12C[C@@H](O)C[C@@H](O)[C@H](O)CC[C@@H](O)C[C@@H](O)CC(=O)O[C@@H](C)[C@H](C)[C@H](O)[C@@H](C)\C=C/C=C/C=C/C=C/C=C/C=C/C=C/[C@H](O[C@@H]3O[C@H](C)[C@@H](O)[C@H](NC(=O)C(F)(F)F)[C@@H]3O)C[C@H](O1)[C@H](C(=O)O)[C@@H](O)C2. The number of carboxylic acid groups (broad SMARTS) is 1. The van der Waals surface area contributed by atoms with Crippen LogP contribution in [0.3, 0.4) is 0 Å². The number of carbonyl (C=O) groups is 3. The van der Waals surface area contributed by atoms with Crippen LogP contribution in [-0.4, -0.2) is 180 Å². The van der Waals surface area contributed by atoms with Crippen molar-refractivity contribution in [2.75, 3.05) is 7.11 Å². The lowest BCUT2D eigenvalue weighted by Gasteiger charge is -2.47. The highest BCUT2D eigenvalue weighted by Gasteiger charge is 2.53. The van der Waals surface area contributed by atoms with Crippen LogP contribution >= 0.6 is 0 Å². The number of carbonyl (C=O) groups excluding carboxylic acids is 2. The minimum atomic E-state index is -5.38. The number of cyclic esters (lactones) is 1. The van der Waals surface area contributed by atoms with Gasteiger partial charge in [-0.05, 0) is 33.1 Å². The molecule has 19 nitrogen and oxygen atoms in total. The Labute approximate surface area is 417 Å². The number of allylic oxidation sites excluding steroid dienone is 12. The summed E-state index contributed by atoms with van der Waals surface area (Å²) in [6, 6.07) is -1.94. The molecule has 0 aliphatic carbocycles. The number of rotatable bonds is 5. The first-order chi connectivity index (χ1) is 33.8. The molecule has 2 bridgehead atoms. The summed E-state index contributed by atoms with van der Waals surface area (Å²) in [5, 5.41) is 110. The summed E-state index contributed by atoms with van der Waals surface area (Å²) in [5.41, 5.74) is 0. The standard InChI is InChI=1S/C50H74F3NO18/c1-28-18-16-14-12-10-8-6-7-9-11-13-15-17-19-35(71-47-45(64)42(44(63)31(4)70-47)54-48(67)50(51,52)53)25-39-41(46(65)66)38(60)27-49(68-5,72-39)26-34(57)23-37(59)36(58)21-20-32(55)22-33(56)24-40(61)69-30(3)29(2)43(28)62/h6-19,28-39,41-45,47,55-60,62-64H,20-27H2,1-5H3,(H,54,67)(H,65,66)/b7-6+,10-8+,11-9+,14-12+,15-13+,18-16-,19-17+/t28-,29-,30-,31+,32+,33+,34-,35-,36+,37+,38-,39-,41+,42-,43+,44+,45-,47-,49+/m0/s1. The average Bonchev–Trinajstić information content (AvgIpc) is 3.29. The van der Waals surface area contributed by atoms with Gasteiger partial charge in [0.05, 0.1) is 73.5 Å². The first-order valence-corrected chi connectivity index (χ1v) is 23.9. The molecule has 0 aromatic heterocycles. The molecular formula is C50H74F3NO18. The zero-order chi connectivity index (χ0) is 53.9. The van der Waals surface area contributed by atoms with Crippen LogP contribution in [0.2, 0.25) is 0 Å². The Balaban J connectivity index is 1.95. The summed E-state index contributed by atoms with van der Waals surface area (Å²) in [7, 11) is 1.16. The third-order valence-corrected chi connectivity index (χ3v) is 12.9. The van der Waals surface area contributed by atoms with Crippen molar-refractivity contribution in [1.82, 2.24) is 5.32 Å². The van der Waals surface area contributed by atoms with Crippen molar-refractivity contribution in [2.24, 2.45) is 17.8 Å². The van der Waals surface area contributed by atoms with Crippen LogP contribution < -0.4 is 5.32 Å². The van der Waals surface area contributed by atoms with E-state index in [1.807, 2.05) is 0 Å². The zero-order valence-electron chi connectivity index (χ0n) is 41.0. The molecule has 11 N–H and O–H groups in total. The number of aliphatic hydroxyl groups is 9. The lowest BCUT2D eigenvalue weighted by atomic mass is 9.82. The first kappa shape index (κ1) is 62.2. The number of hydrogen-bond acceptors (Lipinski definition) is 17. The highest BCUT2D eigenvalue weighted by Crippen LogP contribution is 2.40. The lowest BCUT2D eigenvalue weighted by molar-refractivity contribution is -0.317. The van der Waals surface area contributed by atoms with Crippen molar-refractivity contribution in [3.05, 3.63) is 85.1 Å². The molecule has 0 saturated carbocycles. The normalized spacial score (nSPS) is 42.4. The molecule has 0 aromatic rings. The maximum Gasteiger partial charge on any atom is 0.471 e. The average molecular weight is 1030 g/mol. The maximum atomic E-state index is 13.2. The van der Waals surface area contributed by atoms with Crippen LogP contribution in [-0.2, 0) is 38.1 Å². The van der Waals surface area contributed by atoms with E-state index in [0.717, 1.165) is 7.11 Å². The van der Waals surface area contributed by atoms with Gasteiger partial charge in [0, 0.05) is 44.6 Å². The number of esters is 1. The van der Waals surface area contributed by atoms with Gasteiger partial charge in [-0.2, -0.15) is 13.2 Å². The van der Waals surface area contributed by atoms with E-state index in [1.165, 1.54) is 25.2 Å². The highest BCUT2D eigenvalue weighted by molar-refractivity contribution is 5.82. The zero-order valence-corrected chi connectivity index (χ0v) is 41.0. The minimum Gasteiger partial charge on any atom is -0.481 e. The summed E-state index contributed by atoms with van der Waals surface area (Å²) < 4.78 is 68.7. The third-order valence-electron chi connectivity index (χ3n) is 12.9. The van der Waals surface area contributed by atoms with E-state index in [0.29, 0.717) is 0 Å². The molecule has 0 spiro atoms. The van der Waals surface area contributed by atoms with Gasteiger partial charge in [-0.1, -0.05) is 98.9 Å². The Hall–Kier alpha value is -4.14. The van der Waals surface area contributed by atoms with Crippen molar-refractivity contribution in [1.29, 1.82) is 0 Å². The van der Waals surface area contributed by atoms with Gasteiger partial charge >= 0.3 is 24.0 Å². The Kier molecular flexibility index (Phi) is 25.6. The molecule has 0 aromatic carbocycles. The Morgan fingerprint density at radius 3 is 1.81 bits per heavy atom. The number of methoxy groups -OCH3 is 1. The number of carboxylic acids is 1. The second-order valence-electron chi connectivity index (χ2n) is 18.7. The Morgan fingerprint density at radius 2 is 1.25 bits per heavy atom. The Morgan fingerprint density at radius 1 is 0.681 bits per heavy atom. The molecule has 3 heterocycles. The van der Waals surface area contributed by atoms with Gasteiger partial charge in [0.15, 0.2) is 12.1 Å². The van der Waals surface area contributed by atoms with E-state index in [9.17, 15) is 78.6 Å². The quantitative estimate of drug-likeness (QED) is 0.176. The van der Waals surface area contributed by atoms with E-state index in [-0.39, 0.29) is 25.2 Å². The van der Waals surface area contributed by atoms with Crippen LogP contribution in [0.25, 0.3) is 0 Å². The second-order valence-corrected chi connectivity index (χ2v) is 18.7. The summed E-state index contributed by atoms with van der Waals surface area (Å²) in [5.74, 6) is -9.14. The Bertz CT molecular complexity index is 1910. The van der Waals surface area contributed by atoms with Crippen molar-refractivity contribution >= 4 is 17.8 Å². The topological polar surface area (TPSA) is 312 Å². The summed E-state index contributed by atoms with van der Waals surface area (Å²) in [6.07, 6.45) is -5.57. The maximum absolute atomic E-state index is 13.2. The van der Waals surface area contributed by atoms with Gasteiger partial charge < -0.3 is 80.1 Å². The van der Waals surface area contributed by atoms with Crippen LogP contribution in [0.5, 0.6) is 0 Å². The van der Waals surface area contributed by atoms with E-state index < -0.39 is 165 Å². The summed E-state index contributed by atoms with van der Waals surface area (Å²) >= 11 is 0. The van der Waals surface area contributed by atoms with Crippen LogP contribution in [0.1, 0.15) is 79.1 Å². The molecule has 72 heavy (non-hydrogen) atoms. The molecule has 19 atom stereocenters. The van der Waals surface area contributed by atoms with Crippen molar-refractivity contribution in [3.8, 4) is 0 Å². The fourth-order valence-electron chi connectivity index (χ4n) is 8.53. The lowest BCUT2D eigenvalue weighted by Crippen LogP contribution is -2.65. The second kappa shape index (κ2) is 29.7. The van der Waals surface area contributed by atoms with Crippen molar-refractivity contribution in [2.45, 2.75) is 183 Å². The van der Waals surface area contributed by atoms with Gasteiger partial charge in [-0.25, -0.2) is 0 Å². The van der Waals surface area contributed by atoms with E-state index in [2.05, 4.69) is 0 Å². The van der Waals surface area contributed by atoms with Crippen LogP contribution in [0, 0.1) is 17.8 Å². The number of alkyl halides is 3. The highest BCUT2D eigenvalue weighted by atomic mass is 19.4. The van der Waals surface area contributed by atoms with E-state index in [4.69, 9.17) is 23.7 Å². The predicted molar refractivity (Wildman–Crippen MR) is 252 cm³/mol. The molecule has 0 unspecified atom stereocenters. The van der Waals surface area contributed by atoms with Crippen LogP contribution in [0.4, 0.5) is 13.2 Å². The number of aliphatic hydroxyl groups excluding tert-OH is 9. The van der Waals surface area contributed by atoms with Crippen LogP contribution in [0.15, 0.2) is 85.1 Å². The molecule has 3 rings (SSSR count). The molecular weight excluding hydrogens is 960 g/mol. The molecule has 22 heteroatoms. The third kappa shape index (κ3) is 19.9.